The number of aliphatic carboxylic acids is 1. The highest BCUT2D eigenvalue weighted by atomic mass is 16.5. The smallest absolute Gasteiger partial charge is 0.311 e. The van der Waals surface area contributed by atoms with Gasteiger partial charge in [-0.1, -0.05) is 12.1 Å². The fraction of sp³-hybridized carbons (Fsp3) is 0.471. The summed E-state index contributed by atoms with van der Waals surface area (Å²) in [4.78, 5) is 39.3. The number of ether oxygens (including phenoxy) is 1. The fourth-order valence-electron chi connectivity index (χ4n) is 3.11. The summed E-state index contributed by atoms with van der Waals surface area (Å²) in [5.74, 6) is -0.868. The van der Waals surface area contributed by atoms with E-state index in [9.17, 15) is 19.5 Å². The minimum Gasteiger partial charge on any atom is -0.481 e. The van der Waals surface area contributed by atoms with Crippen LogP contribution in [-0.4, -0.2) is 53.5 Å². The van der Waals surface area contributed by atoms with Crippen LogP contribution in [0.5, 0.6) is 5.75 Å². The minimum atomic E-state index is -0.921. The molecule has 2 amide bonds. The molecular formula is C17H20N2O5. The maximum atomic E-state index is 12.6. The third-order valence-electron chi connectivity index (χ3n) is 4.71. The van der Waals surface area contributed by atoms with Crippen molar-refractivity contribution in [2.24, 2.45) is 5.41 Å². The Hall–Kier alpha value is -2.57. The van der Waals surface area contributed by atoms with Gasteiger partial charge in [-0.15, -0.1) is 0 Å². The monoisotopic (exact) mass is 332 g/mol. The average molecular weight is 332 g/mol. The van der Waals surface area contributed by atoms with Crippen molar-refractivity contribution in [1.29, 1.82) is 0 Å². The van der Waals surface area contributed by atoms with E-state index in [2.05, 4.69) is 0 Å². The highest BCUT2D eigenvalue weighted by Gasteiger charge is 2.43. The summed E-state index contributed by atoms with van der Waals surface area (Å²) < 4.78 is 5.55. The molecule has 2 heterocycles. The van der Waals surface area contributed by atoms with Crippen LogP contribution in [0.1, 0.15) is 20.3 Å². The third kappa shape index (κ3) is 2.70. The number of nitrogens with zero attached hydrogens (tertiary/aromatic N) is 2. The Morgan fingerprint density at radius 3 is 2.75 bits per heavy atom. The second kappa shape index (κ2) is 5.81. The number of hydrogen-bond acceptors (Lipinski definition) is 4. The van der Waals surface area contributed by atoms with Gasteiger partial charge in [0, 0.05) is 13.1 Å². The van der Waals surface area contributed by atoms with E-state index in [1.165, 1.54) is 9.80 Å². The van der Waals surface area contributed by atoms with Crippen LogP contribution in [-0.2, 0) is 14.4 Å². The molecule has 2 atom stereocenters. The topological polar surface area (TPSA) is 87.2 Å². The van der Waals surface area contributed by atoms with E-state index in [-0.39, 0.29) is 24.9 Å². The highest BCUT2D eigenvalue weighted by Crippen LogP contribution is 2.34. The lowest BCUT2D eigenvalue weighted by Gasteiger charge is -2.33. The molecule has 1 N–H and O–H groups in total. The van der Waals surface area contributed by atoms with Gasteiger partial charge in [-0.05, 0) is 32.4 Å². The predicted octanol–water partition coefficient (Wildman–Crippen LogP) is 1.12. The summed E-state index contributed by atoms with van der Waals surface area (Å²) in [7, 11) is 0. The van der Waals surface area contributed by atoms with E-state index in [1.807, 2.05) is 0 Å². The number of rotatable bonds is 3. The lowest BCUT2D eigenvalue weighted by atomic mass is 9.90. The molecule has 7 heteroatoms. The standard InChI is InChI=1S/C17H20N2O5/c1-11-15(21)19(12-5-3-4-6-13(12)24-11)9-14(20)18-8-7-17(2,10-18)16(22)23/h3-6,11H,7-10H2,1-2H3,(H,22,23)/t11-,17-/m1/s1. The molecule has 3 rings (SSSR count). The van der Waals surface area contributed by atoms with Crippen LogP contribution in [0.15, 0.2) is 24.3 Å². The van der Waals surface area contributed by atoms with E-state index < -0.39 is 17.5 Å². The second-order valence-electron chi connectivity index (χ2n) is 6.58. The Balaban J connectivity index is 1.77. The largest absolute Gasteiger partial charge is 0.481 e. The average Bonchev–Trinajstić information content (AvgIpc) is 2.96. The number of carboxylic acids is 1. The summed E-state index contributed by atoms with van der Waals surface area (Å²) in [6.07, 6.45) is -0.242. The van der Waals surface area contributed by atoms with Crippen molar-refractivity contribution in [3.05, 3.63) is 24.3 Å². The van der Waals surface area contributed by atoms with Gasteiger partial charge in [0.15, 0.2) is 6.10 Å². The van der Waals surface area contributed by atoms with Crippen LogP contribution in [0, 0.1) is 5.41 Å². The molecule has 1 aromatic rings. The number of para-hydroxylation sites is 2. The predicted molar refractivity (Wildman–Crippen MR) is 85.8 cm³/mol. The van der Waals surface area contributed by atoms with Gasteiger partial charge >= 0.3 is 5.97 Å². The first-order valence-corrected chi connectivity index (χ1v) is 7.90. The van der Waals surface area contributed by atoms with Crippen LogP contribution in [0.2, 0.25) is 0 Å². The maximum absolute atomic E-state index is 12.6. The van der Waals surface area contributed by atoms with Crippen LogP contribution >= 0.6 is 0 Å². The number of benzene rings is 1. The number of amides is 2. The number of carbonyl (C=O) groups excluding carboxylic acids is 2. The zero-order valence-corrected chi connectivity index (χ0v) is 13.7. The van der Waals surface area contributed by atoms with E-state index in [4.69, 9.17) is 4.74 Å². The molecular weight excluding hydrogens is 312 g/mol. The van der Waals surface area contributed by atoms with Crippen LogP contribution in [0.3, 0.4) is 0 Å². The molecule has 128 valence electrons. The molecule has 0 aliphatic carbocycles. The van der Waals surface area contributed by atoms with Gasteiger partial charge in [0.05, 0.1) is 11.1 Å². The molecule has 0 unspecified atom stereocenters. The molecule has 2 aliphatic heterocycles. The molecule has 1 aromatic carbocycles. The lowest BCUT2D eigenvalue weighted by Crippen LogP contribution is -2.49. The number of anilines is 1. The molecule has 7 nitrogen and oxygen atoms in total. The van der Waals surface area contributed by atoms with Gasteiger partial charge in [0.1, 0.15) is 12.3 Å². The Kier molecular flexibility index (Phi) is 3.95. The zero-order valence-electron chi connectivity index (χ0n) is 13.7. The summed E-state index contributed by atoms with van der Waals surface area (Å²) >= 11 is 0. The van der Waals surface area contributed by atoms with E-state index >= 15 is 0 Å². The SMILES string of the molecule is C[C@H]1Oc2ccccc2N(CC(=O)N2CC[C@@](C)(C(=O)O)C2)C1=O. The quantitative estimate of drug-likeness (QED) is 0.896. The van der Waals surface area contributed by atoms with Gasteiger partial charge < -0.3 is 14.7 Å². The maximum Gasteiger partial charge on any atom is 0.311 e. The Bertz CT molecular complexity index is 704. The van der Waals surface area contributed by atoms with E-state index in [1.54, 1.807) is 38.1 Å². The number of likely N-dealkylation sites (tertiary alicyclic amines) is 1. The highest BCUT2D eigenvalue weighted by molar-refractivity contribution is 6.03. The number of fused-ring (bicyclic) bond motifs is 1. The van der Waals surface area contributed by atoms with Crippen LogP contribution in [0.4, 0.5) is 5.69 Å². The van der Waals surface area contributed by atoms with Gasteiger partial charge in [-0.25, -0.2) is 0 Å². The summed E-state index contributed by atoms with van der Waals surface area (Å²) in [5, 5.41) is 9.28. The number of carboxylic acid groups (broad SMARTS) is 1. The van der Waals surface area contributed by atoms with Gasteiger partial charge in [-0.2, -0.15) is 0 Å². The molecule has 2 aliphatic rings. The minimum absolute atomic E-state index is 0.112. The third-order valence-corrected chi connectivity index (χ3v) is 4.71. The van der Waals surface area contributed by atoms with Crippen molar-refractivity contribution in [2.45, 2.75) is 26.4 Å². The molecule has 0 spiro atoms. The van der Waals surface area contributed by atoms with Crippen molar-refractivity contribution in [3.8, 4) is 5.75 Å². The summed E-state index contributed by atoms with van der Waals surface area (Å²) in [6, 6.07) is 7.07. The number of hydrogen-bond donors (Lipinski definition) is 1. The van der Waals surface area contributed by atoms with Gasteiger partial charge in [0.2, 0.25) is 5.91 Å². The van der Waals surface area contributed by atoms with Crippen LogP contribution in [0.25, 0.3) is 0 Å². The Morgan fingerprint density at radius 1 is 1.38 bits per heavy atom. The lowest BCUT2D eigenvalue weighted by molar-refractivity contribution is -0.147. The van der Waals surface area contributed by atoms with Gasteiger partial charge in [0.25, 0.3) is 5.91 Å². The fourth-order valence-corrected chi connectivity index (χ4v) is 3.11. The first kappa shape index (κ1) is 16.3. The molecule has 0 aromatic heterocycles. The molecule has 0 saturated carbocycles. The Morgan fingerprint density at radius 2 is 2.08 bits per heavy atom. The number of carbonyl (C=O) groups is 3. The summed E-state index contributed by atoms with van der Waals surface area (Å²) in [6.45, 7) is 3.72. The van der Waals surface area contributed by atoms with Crippen molar-refractivity contribution < 1.29 is 24.2 Å². The van der Waals surface area contributed by atoms with Gasteiger partial charge in [-0.3, -0.25) is 19.3 Å². The second-order valence-corrected chi connectivity index (χ2v) is 6.58. The molecule has 0 bridgehead atoms. The van der Waals surface area contributed by atoms with Crippen molar-refractivity contribution in [1.82, 2.24) is 4.90 Å². The summed E-state index contributed by atoms with van der Waals surface area (Å²) in [5.41, 5.74) is -0.357. The van der Waals surface area contributed by atoms with Crippen molar-refractivity contribution in [3.63, 3.8) is 0 Å². The molecule has 1 saturated heterocycles. The van der Waals surface area contributed by atoms with E-state index in [0.29, 0.717) is 24.4 Å². The van der Waals surface area contributed by atoms with Crippen LogP contribution < -0.4 is 9.64 Å². The molecule has 24 heavy (non-hydrogen) atoms. The van der Waals surface area contributed by atoms with E-state index in [0.717, 1.165) is 0 Å². The first-order chi connectivity index (χ1) is 11.3. The first-order valence-electron chi connectivity index (χ1n) is 7.90. The molecule has 1 fully saturated rings. The molecule has 0 radical (unpaired) electrons. The van der Waals surface area contributed by atoms with Crippen molar-refractivity contribution in [2.75, 3.05) is 24.5 Å². The zero-order chi connectivity index (χ0) is 17.5. The Labute approximate surface area is 139 Å². The van der Waals surface area contributed by atoms with Crippen molar-refractivity contribution >= 4 is 23.5 Å². The normalized spacial score (nSPS) is 26.1.